The van der Waals surface area contributed by atoms with Gasteiger partial charge in [-0.1, -0.05) is 44.2 Å². The second kappa shape index (κ2) is 8.63. The molecule has 3 rings (SSSR count). The summed E-state index contributed by atoms with van der Waals surface area (Å²) in [5.41, 5.74) is 1.11. The highest BCUT2D eigenvalue weighted by Gasteiger charge is 2.14. The molecule has 0 amide bonds. The van der Waals surface area contributed by atoms with Crippen molar-refractivity contribution in [3.8, 4) is 11.5 Å². The van der Waals surface area contributed by atoms with E-state index in [0.717, 1.165) is 27.8 Å². The van der Waals surface area contributed by atoms with Gasteiger partial charge in [0.2, 0.25) is 10.0 Å². The summed E-state index contributed by atoms with van der Waals surface area (Å²) in [6.07, 6.45) is 0. The Morgan fingerprint density at radius 2 is 1.68 bits per heavy atom. The number of benzene rings is 3. The largest absolute Gasteiger partial charge is 0.497 e. The van der Waals surface area contributed by atoms with Crippen LogP contribution in [0.15, 0.2) is 65.6 Å². The van der Waals surface area contributed by atoms with Crippen molar-refractivity contribution in [1.29, 1.82) is 0 Å². The van der Waals surface area contributed by atoms with Gasteiger partial charge in [0.1, 0.15) is 18.1 Å². The Labute approximate surface area is 166 Å². The molecule has 0 aliphatic heterocycles. The highest BCUT2D eigenvalue weighted by Crippen LogP contribution is 2.26. The maximum absolute atomic E-state index is 12.6. The summed E-state index contributed by atoms with van der Waals surface area (Å²) in [7, 11) is -2.01. The van der Waals surface area contributed by atoms with Crippen LogP contribution in [0.2, 0.25) is 0 Å². The van der Waals surface area contributed by atoms with E-state index in [0.29, 0.717) is 5.92 Å². The van der Waals surface area contributed by atoms with Crippen molar-refractivity contribution >= 4 is 20.8 Å². The number of hydrogen-bond acceptors (Lipinski definition) is 4. The van der Waals surface area contributed by atoms with Gasteiger partial charge in [0.05, 0.1) is 12.0 Å². The van der Waals surface area contributed by atoms with Crippen molar-refractivity contribution in [2.45, 2.75) is 24.7 Å². The van der Waals surface area contributed by atoms with Crippen LogP contribution >= 0.6 is 0 Å². The summed E-state index contributed by atoms with van der Waals surface area (Å²) < 4.78 is 38.8. The molecule has 0 atom stereocenters. The molecule has 1 N–H and O–H groups in total. The Morgan fingerprint density at radius 1 is 0.964 bits per heavy atom. The van der Waals surface area contributed by atoms with Crippen molar-refractivity contribution in [3.63, 3.8) is 0 Å². The number of methoxy groups -OCH3 is 1. The smallest absolute Gasteiger partial charge is 0.240 e. The molecule has 3 aromatic carbocycles. The van der Waals surface area contributed by atoms with E-state index in [-0.39, 0.29) is 18.0 Å². The summed E-state index contributed by atoms with van der Waals surface area (Å²) >= 11 is 0. The number of para-hydroxylation sites is 1. The second-order valence-electron chi connectivity index (χ2n) is 6.81. The lowest BCUT2D eigenvalue weighted by molar-refractivity contribution is 0.318. The summed E-state index contributed by atoms with van der Waals surface area (Å²) in [6, 6.07) is 18.4. The predicted octanol–water partition coefficient (Wildman–Crippen LogP) is 4.33. The van der Waals surface area contributed by atoms with Gasteiger partial charge in [-0.05, 0) is 52.6 Å². The SMILES string of the molecule is COc1ccc2cc(S(=O)(=O)NCCOc3ccccc3C(C)C)ccc2c1. The lowest BCUT2D eigenvalue weighted by Crippen LogP contribution is -2.28. The van der Waals surface area contributed by atoms with Crippen LogP contribution in [0.1, 0.15) is 25.3 Å². The standard InChI is InChI=1S/C22H25NO4S/c1-16(2)21-6-4-5-7-22(21)27-13-12-23-28(24,25)20-11-9-17-14-19(26-3)10-8-18(17)15-20/h4-11,14-16,23H,12-13H2,1-3H3. The quantitative estimate of drug-likeness (QED) is 0.573. The lowest BCUT2D eigenvalue weighted by atomic mass is 10.0. The van der Waals surface area contributed by atoms with Crippen LogP contribution in [0.25, 0.3) is 10.8 Å². The number of rotatable bonds is 8. The van der Waals surface area contributed by atoms with E-state index in [1.165, 1.54) is 0 Å². The molecule has 6 heteroatoms. The summed E-state index contributed by atoms with van der Waals surface area (Å²) in [6.45, 7) is 4.64. The molecular formula is C22H25NO4S. The fraction of sp³-hybridized carbons (Fsp3) is 0.273. The number of ether oxygens (including phenoxy) is 2. The fourth-order valence-electron chi connectivity index (χ4n) is 3.01. The van der Waals surface area contributed by atoms with Crippen LogP contribution in [0, 0.1) is 0 Å². The Balaban J connectivity index is 1.65. The molecule has 0 heterocycles. The first-order valence-corrected chi connectivity index (χ1v) is 10.7. The maximum Gasteiger partial charge on any atom is 0.240 e. The average molecular weight is 400 g/mol. The van der Waals surface area contributed by atoms with E-state index in [4.69, 9.17) is 9.47 Å². The molecule has 0 fully saturated rings. The molecule has 0 unspecified atom stereocenters. The van der Waals surface area contributed by atoms with Gasteiger partial charge in [0.25, 0.3) is 0 Å². The molecule has 3 aromatic rings. The zero-order chi connectivity index (χ0) is 20.1. The van der Waals surface area contributed by atoms with Crippen molar-refractivity contribution in [3.05, 3.63) is 66.2 Å². The van der Waals surface area contributed by atoms with Gasteiger partial charge < -0.3 is 9.47 Å². The number of nitrogens with one attached hydrogen (secondary N) is 1. The van der Waals surface area contributed by atoms with Crippen LogP contribution < -0.4 is 14.2 Å². The fourth-order valence-corrected chi connectivity index (χ4v) is 4.05. The molecule has 5 nitrogen and oxygen atoms in total. The highest BCUT2D eigenvalue weighted by molar-refractivity contribution is 7.89. The Morgan fingerprint density at radius 3 is 2.43 bits per heavy atom. The molecular weight excluding hydrogens is 374 g/mol. The normalized spacial score (nSPS) is 11.7. The molecule has 28 heavy (non-hydrogen) atoms. The highest BCUT2D eigenvalue weighted by atomic mass is 32.2. The number of hydrogen-bond donors (Lipinski definition) is 1. The summed E-state index contributed by atoms with van der Waals surface area (Å²) in [5.74, 6) is 1.86. The minimum atomic E-state index is -3.61. The molecule has 0 aromatic heterocycles. The monoisotopic (exact) mass is 399 g/mol. The van der Waals surface area contributed by atoms with Crippen LogP contribution in [0.5, 0.6) is 11.5 Å². The predicted molar refractivity (Wildman–Crippen MR) is 112 cm³/mol. The van der Waals surface area contributed by atoms with Crippen LogP contribution in [0.4, 0.5) is 0 Å². The van der Waals surface area contributed by atoms with E-state index < -0.39 is 10.0 Å². The van der Waals surface area contributed by atoms with E-state index >= 15 is 0 Å². The zero-order valence-corrected chi connectivity index (χ0v) is 17.1. The third-order valence-electron chi connectivity index (χ3n) is 4.52. The minimum absolute atomic E-state index is 0.190. The molecule has 0 bridgehead atoms. The molecule has 0 saturated heterocycles. The third-order valence-corrected chi connectivity index (χ3v) is 5.98. The number of fused-ring (bicyclic) bond motifs is 1. The molecule has 0 aliphatic carbocycles. The number of sulfonamides is 1. The van der Waals surface area contributed by atoms with Crippen molar-refractivity contribution < 1.29 is 17.9 Å². The third kappa shape index (κ3) is 4.64. The van der Waals surface area contributed by atoms with Crippen LogP contribution in [-0.4, -0.2) is 28.7 Å². The maximum atomic E-state index is 12.6. The first-order chi connectivity index (χ1) is 13.4. The van der Waals surface area contributed by atoms with E-state index in [9.17, 15) is 8.42 Å². The molecule has 0 spiro atoms. The average Bonchev–Trinajstić information content (AvgIpc) is 2.70. The van der Waals surface area contributed by atoms with Crippen molar-refractivity contribution in [2.75, 3.05) is 20.3 Å². The zero-order valence-electron chi connectivity index (χ0n) is 16.3. The van der Waals surface area contributed by atoms with Gasteiger partial charge in [-0.2, -0.15) is 0 Å². The van der Waals surface area contributed by atoms with Gasteiger partial charge in [-0.15, -0.1) is 0 Å². The van der Waals surface area contributed by atoms with Crippen LogP contribution in [0.3, 0.4) is 0 Å². The Hall–Kier alpha value is -2.57. The van der Waals surface area contributed by atoms with Crippen molar-refractivity contribution in [2.24, 2.45) is 0 Å². The summed E-state index contributed by atoms with van der Waals surface area (Å²) in [5, 5.41) is 1.76. The molecule has 0 saturated carbocycles. The van der Waals surface area contributed by atoms with Gasteiger partial charge in [0, 0.05) is 6.54 Å². The Kier molecular flexibility index (Phi) is 6.21. The lowest BCUT2D eigenvalue weighted by Gasteiger charge is -2.14. The van der Waals surface area contributed by atoms with Crippen LogP contribution in [-0.2, 0) is 10.0 Å². The van der Waals surface area contributed by atoms with E-state index in [2.05, 4.69) is 18.6 Å². The van der Waals surface area contributed by atoms with Crippen molar-refractivity contribution in [1.82, 2.24) is 4.72 Å². The van der Waals surface area contributed by atoms with Gasteiger partial charge in [0.15, 0.2) is 0 Å². The molecule has 0 radical (unpaired) electrons. The first kappa shape index (κ1) is 20.2. The minimum Gasteiger partial charge on any atom is -0.497 e. The van der Waals surface area contributed by atoms with E-state index in [1.807, 2.05) is 42.5 Å². The van der Waals surface area contributed by atoms with Gasteiger partial charge in [-0.3, -0.25) is 0 Å². The topological polar surface area (TPSA) is 64.6 Å². The van der Waals surface area contributed by atoms with Gasteiger partial charge >= 0.3 is 0 Å². The van der Waals surface area contributed by atoms with Gasteiger partial charge in [-0.25, -0.2) is 13.1 Å². The molecule has 0 aliphatic rings. The second-order valence-corrected chi connectivity index (χ2v) is 8.58. The first-order valence-electron chi connectivity index (χ1n) is 9.20. The molecule has 148 valence electrons. The Bertz CT molecular complexity index is 1060. The summed E-state index contributed by atoms with van der Waals surface area (Å²) in [4.78, 5) is 0.229. The van der Waals surface area contributed by atoms with E-state index in [1.54, 1.807) is 25.3 Å².